The highest BCUT2D eigenvalue weighted by Crippen LogP contribution is 2.23. The Labute approximate surface area is 137 Å². The predicted octanol–water partition coefficient (Wildman–Crippen LogP) is 3.48. The number of anilines is 1. The summed E-state index contributed by atoms with van der Waals surface area (Å²) in [6.07, 6.45) is 2.38. The number of nitrogens with one attached hydrogen (secondary N) is 1. The molecule has 1 aromatic carbocycles. The zero-order valence-electron chi connectivity index (χ0n) is 13.6. The van der Waals surface area contributed by atoms with Crippen LogP contribution in [0.1, 0.15) is 32.3 Å². The molecule has 1 aliphatic rings. The Morgan fingerprint density at radius 3 is 3.05 bits per heavy atom. The van der Waals surface area contributed by atoms with Crippen molar-refractivity contribution in [1.82, 2.24) is 4.90 Å². The minimum Gasteiger partial charge on any atom is -0.377 e. The van der Waals surface area contributed by atoms with Crippen LogP contribution in [0, 0.1) is 6.92 Å². The Balaban J connectivity index is 1.98. The van der Waals surface area contributed by atoms with E-state index < -0.39 is 0 Å². The third kappa shape index (κ3) is 4.22. The zero-order chi connectivity index (χ0) is 16.1. The van der Waals surface area contributed by atoms with Crippen LogP contribution in [-0.4, -0.2) is 42.6 Å². The fourth-order valence-corrected chi connectivity index (χ4v) is 3.01. The van der Waals surface area contributed by atoms with Gasteiger partial charge in [-0.05, 0) is 57.9 Å². The lowest BCUT2D eigenvalue weighted by Crippen LogP contribution is -2.49. The summed E-state index contributed by atoms with van der Waals surface area (Å²) < 4.78 is 5.71. The van der Waals surface area contributed by atoms with E-state index in [1.807, 2.05) is 39.0 Å². The van der Waals surface area contributed by atoms with Crippen molar-refractivity contribution in [3.63, 3.8) is 0 Å². The number of carbonyl (C=O) groups excluding carboxylic acids is 1. The predicted molar refractivity (Wildman–Crippen MR) is 90.5 cm³/mol. The van der Waals surface area contributed by atoms with Crippen molar-refractivity contribution in [1.29, 1.82) is 0 Å². The topological polar surface area (TPSA) is 41.6 Å². The maximum Gasteiger partial charge on any atom is 0.241 e. The first kappa shape index (κ1) is 17.3. The van der Waals surface area contributed by atoms with Gasteiger partial charge in [-0.15, -0.1) is 0 Å². The van der Waals surface area contributed by atoms with Crippen LogP contribution < -0.4 is 5.32 Å². The van der Waals surface area contributed by atoms with E-state index in [1.165, 1.54) is 0 Å². The summed E-state index contributed by atoms with van der Waals surface area (Å²) in [5.41, 5.74) is 1.68. The Bertz CT molecular complexity index is 519. The van der Waals surface area contributed by atoms with Gasteiger partial charge in [-0.25, -0.2) is 0 Å². The summed E-state index contributed by atoms with van der Waals surface area (Å²) in [5.74, 6) is 0.00233. The number of rotatable bonds is 5. The first-order valence-corrected chi connectivity index (χ1v) is 8.32. The molecule has 0 saturated carbocycles. The van der Waals surface area contributed by atoms with E-state index in [4.69, 9.17) is 16.3 Å². The van der Waals surface area contributed by atoms with Gasteiger partial charge in [0.15, 0.2) is 0 Å². The second-order valence-corrected chi connectivity index (χ2v) is 6.20. The third-order valence-electron chi connectivity index (χ3n) is 4.26. The quantitative estimate of drug-likeness (QED) is 0.901. The van der Waals surface area contributed by atoms with Crippen LogP contribution in [0.2, 0.25) is 5.02 Å². The van der Waals surface area contributed by atoms with Crippen LogP contribution in [0.25, 0.3) is 0 Å². The van der Waals surface area contributed by atoms with Crippen LogP contribution in [0.4, 0.5) is 5.69 Å². The lowest BCUT2D eigenvalue weighted by molar-refractivity contribution is -0.122. The van der Waals surface area contributed by atoms with E-state index in [0.717, 1.165) is 43.8 Å². The molecule has 1 saturated heterocycles. The highest BCUT2D eigenvalue weighted by Gasteiger charge is 2.27. The minimum atomic E-state index is -0.179. The molecule has 1 amide bonds. The molecular formula is C17H25ClN2O2. The van der Waals surface area contributed by atoms with Gasteiger partial charge in [0.1, 0.15) is 0 Å². The minimum absolute atomic E-state index is 0.00233. The highest BCUT2D eigenvalue weighted by atomic mass is 35.5. The summed E-state index contributed by atoms with van der Waals surface area (Å²) in [4.78, 5) is 14.7. The van der Waals surface area contributed by atoms with Crippen molar-refractivity contribution >= 4 is 23.2 Å². The lowest BCUT2D eigenvalue weighted by Gasteiger charge is -2.35. The van der Waals surface area contributed by atoms with E-state index in [-0.39, 0.29) is 18.1 Å². The maximum absolute atomic E-state index is 12.5. The molecule has 5 heteroatoms. The van der Waals surface area contributed by atoms with E-state index in [2.05, 4.69) is 10.2 Å². The van der Waals surface area contributed by atoms with Crippen molar-refractivity contribution in [2.75, 3.05) is 25.0 Å². The van der Waals surface area contributed by atoms with Gasteiger partial charge in [-0.1, -0.05) is 17.7 Å². The number of ether oxygens (including phenoxy) is 1. The number of nitrogens with zero attached hydrogens (tertiary/aromatic N) is 1. The number of halogens is 1. The van der Waals surface area contributed by atoms with Gasteiger partial charge >= 0.3 is 0 Å². The van der Waals surface area contributed by atoms with Gasteiger partial charge in [0.2, 0.25) is 5.91 Å². The van der Waals surface area contributed by atoms with Crippen LogP contribution in [0.15, 0.2) is 18.2 Å². The molecule has 1 aliphatic heterocycles. The molecule has 2 atom stereocenters. The number of piperidine rings is 1. The zero-order valence-corrected chi connectivity index (χ0v) is 14.3. The molecule has 2 unspecified atom stereocenters. The van der Waals surface area contributed by atoms with E-state index in [9.17, 15) is 4.79 Å². The number of hydrogen-bond acceptors (Lipinski definition) is 3. The van der Waals surface area contributed by atoms with Crippen LogP contribution in [0.5, 0.6) is 0 Å². The summed E-state index contributed by atoms with van der Waals surface area (Å²) in [5, 5.41) is 3.66. The number of likely N-dealkylation sites (tertiary alicyclic amines) is 1. The van der Waals surface area contributed by atoms with Crippen molar-refractivity contribution in [3.8, 4) is 0 Å². The second kappa shape index (κ2) is 7.95. The molecule has 1 aromatic rings. The van der Waals surface area contributed by atoms with Gasteiger partial charge in [0.05, 0.1) is 12.1 Å². The second-order valence-electron chi connectivity index (χ2n) is 5.79. The van der Waals surface area contributed by atoms with E-state index >= 15 is 0 Å². The third-order valence-corrected chi connectivity index (χ3v) is 4.67. The fourth-order valence-electron chi connectivity index (χ4n) is 2.84. The number of carbonyl (C=O) groups is 1. The molecule has 0 bridgehead atoms. The summed E-state index contributed by atoms with van der Waals surface area (Å²) >= 11 is 6.10. The highest BCUT2D eigenvalue weighted by molar-refractivity contribution is 6.31. The molecule has 4 nitrogen and oxygen atoms in total. The average molecular weight is 325 g/mol. The SMILES string of the molecule is CCOC1CCCN(C(C)C(=O)Nc2cccc(Cl)c2C)C1. The van der Waals surface area contributed by atoms with Gasteiger partial charge in [0.25, 0.3) is 0 Å². The van der Waals surface area contributed by atoms with Gasteiger partial charge in [-0.2, -0.15) is 0 Å². The van der Waals surface area contributed by atoms with Crippen molar-refractivity contribution < 1.29 is 9.53 Å². The number of amides is 1. The molecule has 122 valence electrons. The van der Waals surface area contributed by atoms with Gasteiger partial charge < -0.3 is 10.1 Å². The molecular weight excluding hydrogens is 300 g/mol. The molecule has 2 rings (SSSR count). The molecule has 0 radical (unpaired) electrons. The van der Waals surface area contributed by atoms with Crippen LogP contribution in [0.3, 0.4) is 0 Å². The van der Waals surface area contributed by atoms with Crippen molar-refractivity contribution in [2.45, 2.75) is 45.8 Å². The molecule has 0 spiro atoms. The average Bonchev–Trinajstić information content (AvgIpc) is 2.51. The number of hydrogen-bond donors (Lipinski definition) is 1. The Hall–Kier alpha value is -1.10. The molecule has 0 aliphatic carbocycles. The largest absolute Gasteiger partial charge is 0.377 e. The molecule has 22 heavy (non-hydrogen) atoms. The normalized spacial score (nSPS) is 20.6. The maximum atomic E-state index is 12.5. The molecule has 0 aromatic heterocycles. The van der Waals surface area contributed by atoms with Crippen LogP contribution >= 0.6 is 11.6 Å². The first-order valence-electron chi connectivity index (χ1n) is 7.94. The summed E-state index contributed by atoms with van der Waals surface area (Å²) in [6, 6.07) is 5.38. The number of benzene rings is 1. The smallest absolute Gasteiger partial charge is 0.241 e. The fraction of sp³-hybridized carbons (Fsp3) is 0.588. The monoisotopic (exact) mass is 324 g/mol. The molecule has 1 fully saturated rings. The van der Waals surface area contributed by atoms with Gasteiger partial charge in [0, 0.05) is 23.9 Å². The standard InChI is InChI=1S/C17H25ClN2O2/c1-4-22-14-7-6-10-20(11-14)13(3)17(21)19-16-9-5-8-15(18)12(16)2/h5,8-9,13-14H,4,6-7,10-11H2,1-3H3,(H,19,21). The van der Waals surface area contributed by atoms with E-state index in [0.29, 0.717) is 5.02 Å². The first-order chi connectivity index (χ1) is 10.5. The van der Waals surface area contributed by atoms with Crippen molar-refractivity contribution in [3.05, 3.63) is 28.8 Å². The van der Waals surface area contributed by atoms with Crippen LogP contribution in [-0.2, 0) is 9.53 Å². The molecule has 1 heterocycles. The Morgan fingerprint density at radius 1 is 1.55 bits per heavy atom. The lowest BCUT2D eigenvalue weighted by atomic mass is 10.1. The van der Waals surface area contributed by atoms with Gasteiger partial charge in [-0.3, -0.25) is 9.69 Å². The van der Waals surface area contributed by atoms with Crippen molar-refractivity contribution in [2.24, 2.45) is 0 Å². The Kier molecular flexibility index (Phi) is 6.24. The summed E-state index contributed by atoms with van der Waals surface area (Å²) in [7, 11) is 0. The molecule has 1 N–H and O–H groups in total. The Morgan fingerprint density at radius 2 is 2.32 bits per heavy atom. The summed E-state index contributed by atoms with van der Waals surface area (Å²) in [6.45, 7) is 8.35. The van der Waals surface area contributed by atoms with E-state index in [1.54, 1.807) is 0 Å².